The van der Waals surface area contributed by atoms with Crippen LogP contribution in [0.2, 0.25) is 0 Å². The summed E-state index contributed by atoms with van der Waals surface area (Å²) in [6, 6.07) is 4.23. The van der Waals surface area contributed by atoms with E-state index in [1.54, 1.807) is 12.1 Å². The summed E-state index contributed by atoms with van der Waals surface area (Å²) in [5.41, 5.74) is 0.369. The summed E-state index contributed by atoms with van der Waals surface area (Å²) in [4.78, 5) is 64.5. The minimum absolute atomic E-state index is 0.184. The normalized spacial score (nSPS) is 23.2. The third kappa shape index (κ3) is 2.35. The number of imide groups is 2. The van der Waals surface area contributed by atoms with E-state index in [1.165, 1.54) is 33.2 Å². The van der Waals surface area contributed by atoms with Crippen LogP contribution in [0.15, 0.2) is 24.3 Å². The molecule has 0 aromatic heterocycles. The predicted molar refractivity (Wildman–Crippen MR) is 84.3 cm³/mol. The van der Waals surface area contributed by atoms with Crippen LogP contribution in [0.25, 0.3) is 0 Å². The first-order valence-electron chi connectivity index (χ1n) is 7.54. The van der Waals surface area contributed by atoms with E-state index < -0.39 is 41.9 Å². The van der Waals surface area contributed by atoms with E-state index in [0.29, 0.717) is 0 Å². The van der Waals surface area contributed by atoms with Gasteiger partial charge in [-0.1, -0.05) is 12.1 Å². The molecule has 0 spiro atoms. The number of urea groups is 1. The summed E-state index contributed by atoms with van der Waals surface area (Å²) in [6.45, 7) is 1.22. The van der Waals surface area contributed by atoms with Crippen molar-refractivity contribution in [3.8, 4) is 0 Å². The second-order valence-electron chi connectivity index (χ2n) is 5.91. The lowest BCUT2D eigenvalue weighted by atomic mass is 10.1. The molecule has 1 aromatic rings. The van der Waals surface area contributed by atoms with E-state index in [-0.39, 0.29) is 11.1 Å². The Morgan fingerprint density at radius 3 is 2.00 bits per heavy atom. The number of amides is 6. The fraction of sp³-hybridized carbons (Fsp3) is 0.312. The predicted octanol–water partition coefficient (Wildman–Crippen LogP) is -0.363. The van der Waals surface area contributed by atoms with Gasteiger partial charge in [-0.3, -0.25) is 29.0 Å². The Kier molecular flexibility index (Phi) is 3.78. The summed E-state index contributed by atoms with van der Waals surface area (Å²) < 4.78 is 0. The Bertz CT molecular complexity index is 785. The monoisotopic (exact) mass is 344 g/mol. The van der Waals surface area contributed by atoms with Crippen molar-refractivity contribution in [2.24, 2.45) is 0 Å². The van der Waals surface area contributed by atoms with Crippen molar-refractivity contribution in [1.29, 1.82) is 0 Å². The van der Waals surface area contributed by atoms with E-state index >= 15 is 0 Å². The Hall–Kier alpha value is -3.23. The molecule has 2 aliphatic rings. The van der Waals surface area contributed by atoms with Gasteiger partial charge in [0, 0.05) is 21.0 Å². The Morgan fingerprint density at radius 2 is 1.52 bits per heavy atom. The Balaban J connectivity index is 2.08. The number of carbonyl (C=O) groups is 5. The van der Waals surface area contributed by atoms with Gasteiger partial charge in [0.2, 0.25) is 5.91 Å². The van der Waals surface area contributed by atoms with Crippen LogP contribution in [-0.4, -0.2) is 70.7 Å². The van der Waals surface area contributed by atoms with E-state index in [0.717, 1.165) is 14.7 Å². The number of nitrogens with one attached hydrogen (secondary N) is 1. The van der Waals surface area contributed by atoms with Gasteiger partial charge in [0.15, 0.2) is 6.04 Å². The molecular weight excluding hydrogens is 328 g/mol. The number of likely N-dealkylation sites (N-methyl/N-ethyl adjacent to an activating group) is 2. The molecule has 2 atom stereocenters. The molecule has 130 valence electrons. The molecule has 9 nitrogen and oxygen atoms in total. The third-order valence-corrected chi connectivity index (χ3v) is 4.34. The first-order valence-corrected chi connectivity index (χ1v) is 7.54. The zero-order valence-corrected chi connectivity index (χ0v) is 13.8. The maximum atomic E-state index is 12.7. The molecule has 0 saturated carbocycles. The van der Waals surface area contributed by atoms with Crippen LogP contribution in [0, 0.1) is 0 Å². The highest BCUT2D eigenvalue weighted by Gasteiger charge is 2.52. The third-order valence-electron chi connectivity index (χ3n) is 4.34. The highest BCUT2D eigenvalue weighted by atomic mass is 16.2. The number of fused-ring (bicyclic) bond motifs is 1. The molecular formula is C16H16N4O5. The van der Waals surface area contributed by atoms with Crippen LogP contribution in [0.5, 0.6) is 0 Å². The van der Waals surface area contributed by atoms with Crippen molar-refractivity contribution in [1.82, 2.24) is 20.0 Å². The van der Waals surface area contributed by atoms with Gasteiger partial charge in [0.1, 0.15) is 6.17 Å². The van der Waals surface area contributed by atoms with Gasteiger partial charge in [-0.05, 0) is 12.1 Å². The van der Waals surface area contributed by atoms with Crippen molar-refractivity contribution >= 4 is 29.7 Å². The molecule has 2 unspecified atom stereocenters. The van der Waals surface area contributed by atoms with Gasteiger partial charge in [-0.25, -0.2) is 4.79 Å². The maximum Gasteiger partial charge on any atom is 0.327 e. The number of nitrogens with zero attached hydrogens (tertiary/aromatic N) is 3. The van der Waals surface area contributed by atoms with E-state index in [2.05, 4.69) is 5.32 Å². The Morgan fingerprint density at radius 1 is 1.00 bits per heavy atom. The van der Waals surface area contributed by atoms with Gasteiger partial charge >= 0.3 is 6.03 Å². The molecule has 1 N–H and O–H groups in total. The molecule has 0 radical (unpaired) electrons. The van der Waals surface area contributed by atoms with Gasteiger partial charge < -0.3 is 10.2 Å². The lowest BCUT2D eigenvalue weighted by Crippen LogP contribution is -2.71. The van der Waals surface area contributed by atoms with Crippen LogP contribution in [0.4, 0.5) is 4.79 Å². The maximum absolute atomic E-state index is 12.7. The average Bonchev–Trinajstić information content (AvgIpc) is 2.83. The van der Waals surface area contributed by atoms with Gasteiger partial charge in [-0.2, -0.15) is 0 Å². The molecule has 2 aliphatic heterocycles. The number of carbonyl (C=O) groups excluding carboxylic acids is 5. The number of hydrogen-bond donors (Lipinski definition) is 1. The standard InChI is InChI=1S/C16H16N4O5/c1-8(21)17-12-11(15(24)19(3)16(25)18(12)2)20-13(22)9-6-4-5-7-10(9)14(20)23/h4-7,11-12H,1-3H3,(H,17,21). The van der Waals surface area contributed by atoms with E-state index in [9.17, 15) is 24.0 Å². The van der Waals surface area contributed by atoms with E-state index in [1.807, 2.05) is 0 Å². The van der Waals surface area contributed by atoms with Crippen LogP contribution >= 0.6 is 0 Å². The molecule has 3 rings (SSSR count). The first-order chi connectivity index (χ1) is 11.8. The van der Waals surface area contributed by atoms with Crippen molar-refractivity contribution in [3.05, 3.63) is 35.4 Å². The molecule has 0 aliphatic carbocycles. The van der Waals surface area contributed by atoms with Crippen molar-refractivity contribution in [3.63, 3.8) is 0 Å². The van der Waals surface area contributed by atoms with Gasteiger partial charge in [0.05, 0.1) is 11.1 Å². The molecule has 25 heavy (non-hydrogen) atoms. The summed E-state index contributed by atoms with van der Waals surface area (Å²) in [5.74, 6) is -2.50. The SMILES string of the molecule is CC(=O)NC1C(N2C(=O)c3ccccc3C2=O)C(=O)N(C)C(=O)N1C. The molecule has 2 heterocycles. The minimum atomic E-state index is -1.34. The topological polar surface area (TPSA) is 107 Å². The number of benzene rings is 1. The fourth-order valence-corrected chi connectivity index (χ4v) is 3.09. The van der Waals surface area contributed by atoms with Crippen LogP contribution in [-0.2, 0) is 9.59 Å². The zero-order valence-electron chi connectivity index (χ0n) is 13.8. The molecule has 6 amide bonds. The van der Waals surface area contributed by atoms with Crippen molar-refractivity contribution in [2.45, 2.75) is 19.1 Å². The van der Waals surface area contributed by atoms with Crippen molar-refractivity contribution < 1.29 is 24.0 Å². The lowest BCUT2D eigenvalue weighted by molar-refractivity contribution is -0.138. The van der Waals surface area contributed by atoms with E-state index in [4.69, 9.17) is 0 Å². The molecule has 9 heteroatoms. The summed E-state index contributed by atoms with van der Waals surface area (Å²) in [7, 11) is 2.65. The smallest absolute Gasteiger partial charge is 0.327 e. The molecule has 0 bridgehead atoms. The van der Waals surface area contributed by atoms with Gasteiger partial charge in [-0.15, -0.1) is 0 Å². The average molecular weight is 344 g/mol. The quantitative estimate of drug-likeness (QED) is 0.737. The highest BCUT2D eigenvalue weighted by molar-refractivity contribution is 6.23. The Labute approximate surface area is 143 Å². The fourth-order valence-electron chi connectivity index (χ4n) is 3.09. The van der Waals surface area contributed by atoms with Gasteiger partial charge in [0.25, 0.3) is 17.7 Å². The minimum Gasteiger partial charge on any atom is -0.334 e. The van der Waals surface area contributed by atoms with Crippen molar-refractivity contribution in [2.75, 3.05) is 14.1 Å². The number of rotatable bonds is 2. The largest absolute Gasteiger partial charge is 0.334 e. The molecule has 1 aromatic carbocycles. The molecule has 1 saturated heterocycles. The van der Waals surface area contributed by atoms with Crippen LogP contribution in [0.1, 0.15) is 27.6 Å². The second kappa shape index (κ2) is 5.69. The van der Waals surface area contributed by atoms with Crippen LogP contribution < -0.4 is 5.32 Å². The summed E-state index contributed by atoms with van der Waals surface area (Å²) >= 11 is 0. The summed E-state index contributed by atoms with van der Waals surface area (Å²) in [6.07, 6.45) is -1.14. The zero-order chi connectivity index (χ0) is 18.5. The first kappa shape index (κ1) is 16.6. The lowest BCUT2D eigenvalue weighted by Gasteiger charge is -2.44. The second-order valence-corrected chi connectivity index (χ2v) is 5.91. The number of hydrogen-bond acceptors (Lipinski definition) is 5. The highest BCUT2D eigenvalue weighted by Crippen LogP contribution is 2.28. The summed E-state index contributed by atoms with van der Waals surface area (Å²) in [5, 5.41) is 2.48. The molecule has 1 fully saturated rings. The van der Waals surface area contributed by atoms with Crippen LogP contribution in [0.3, 0.4) is 0 Å².